The number of benzene rings is 1. The number of hydrogen-bond acceptors (Lipinski definition) is 2. The predicted molar refractivity (Wildman–Crippen MR) is 75.0 cm³/mol. The molecule has 92 valence electrons. The average Bonchev–Trinajstić information content (AvgIpc) is 2.55. The quantitative estimate of drug-likeness (QED) is 0.942. The molecule has 0 spiro atoms. The first-order chi connectivity index (χ1) is 8.11. The first-order valence-corrected chi connectivity index (χ1v) is 6.76. The third kappa shape index (κ3) is 2.69. The molecule has 0 fully saturated rings. The fraction of sp³-hybridized carbons (Fsp3) is 0.462. The summed E-state index contributed by atoms with van der Waals surface area (Å²) in [5, 5.41) is 0. The molecule has 1 aromatic heterocycles. The smallest absolute Gasteiger partial charge is 0.110 e. The second-order valence-corrected chi connectivity index (χ2v) is 5.62. The van der Waals surface area contributed by atoms with Crippen molar-refractivity contribution in [2.75, 3.05) is 6.54 Å². The Morgan fingerprint density at radius 3 is 2.82 bits per heavy atom. The highest BCUT2D eigenvalue weighted by molar-refractivity contribution is 9.10. The fourth-order valence-corrected chi connectivity index (χ4v) is 2.40. The minimum Gasteiger partial charge on any atom is -0.329 e. The first-order valence-electron chi connectivity index (χ1n) is 5.96. The highest BCUT2D eigenvalue weighted by atomic mass is 79.9. The molecule has 0 aliphatic rings. The van der Waals surface area contributed by atoms with Crippen molar-refractivity contribution < 1.29 is 0 Å². The van der Waals surface area contributed by atoms with Crippen LogP contribution in [-0.4, -0.2) is 16.1 Å². The molecule has 3 nitrogen and oxygen atoms in total. The highest BCUT2D eigenvalue weighted by Gasteiger charge is 2.11. The number of rotatable bonds is 4. The molecule has 2 N–H and O–H groups in total. The van der Waals surface area contributed by atoms with E-state index in [0.717, 1.165) is 28.8 Å². The first kappa shape index (κ1) is 12.6. The average molecular weight is 296 g/mol. The normalized spacial score (nSPS) is 11.6. The monoisotopic (exact) mass is 295 g/mol. The van der Waals surface area contributed by atoms with Gasteiger partial charge in [0.05, 0.1) is 11.0 Å². The SMILES string of the molecule is CC(C)Cc1nc2cc(Br)ccc2n1CCN. The molecule has 2 rings (SSSR count). The Balaban J connectivity index is 2.53. The lowest BCUT2D eigenvalue weighted by Gasteiger charge is -2.09. The Hall–Kier alpha value is -0.870. The molecule has 0 amide bonds. The van der Waals surface area contributed by atoms with E-state index in [9.17, 15) is 0 Å². The maximum Gasteiger partial charge on any atom is 0.110 e. The summed E-state index contributed by atoms with van der Waals surface area (Å²) in [6, 6.07) is 6.22. The van der Waals surface area contributed by atoms with Crippen LogP contribution in [0.2, 0.25) is 0 Å². The summed E-state index contributed by atoms with van der Waals surface area (Å²) in [6.45, 7) is 5.90. The molecular formula is C13H18BrN3. The van der Waals surface area contributed by atoms with Gasteiger partial charge >= 0.3 is 0 Å². The van der Waals surface area contributed by atoms with Crippen LogP contribution in [0.1, 0.15) is 19.7 Å². The van der Waals surface area contributed by atoms with Crippen molar-refractivity contribution >= 4 is 27.0 Å². The fourth-order valence-electron chi connectivity index (χ4n) is 2.05. The van der Waals surface area contributed by atoms with Gasteiger partial charge in [0.25, 0.3) is 0 Å². The third-order valence-electron chi connectivity index (χ3n) is 2.73. The van der Waals surface area contributed by atoms with Crippen LogP contribution in [0.4, 0.5) is 0 Å². The lowest BCUT2D eigenvalue weighted by atomic mass is 10.1. The molecule has 0 atom stereocenters. The Bertz CT molecular complexity index is 517. The molecule has 17 heavy (non-hydrogen) atoms. The summed E-state index contributed by atoms with van der Waals surface area (Å²) in [4.78, 5) is 4.71. The topological polar surface area (TPSA) is 43.8 Å². The summed E-state index contributed by atoms with van der Waals surface area (Å²) >= 11 is 3.48. The van der Waals surface area contributed by atoms with E-state index in [2.05, 4.69) is 52.5 Å². The van der Waals surface area contributed by atoms with Gasteiger partial charge in [-0.2, -0.15) is 0 Å². The molecular weight excluding hydrogens is 278 g/mol. The van der Waals surface area contributed by atoms with Crippen molar-refractivity contribution in [3.05, 3.63) is 28.5 Å². The van der Waals surface area contributed by atoms with Gasteiger partial charge in [0, 0.05) is 24.0 Å². The maximum atomic E-state index is 5.68. The summed E-state index contributed by atoms with van der Waals surface area (Å²) in [5.74, 6) is 1.74. The van der Waals surface area contributed by atoms with Crippen molar-refractivity contribution in [2.24, 2.45) is 11.7 Å². The van der Waals surface area contributed by atoms with Crippen LogP contribution in [0.15, 0.2) is 22.7 Å². The van der Waals surface area contributed by atoms with E-state index in [1.54, 1.807) is 0 Å². The van der Waals surface area contributed by atoms with E-state index < -0.39 is 0 Å². The minimum absolute atomic E-state index is 0.603. The third-order valence-corrected chi connectivity index (χ3v) is 3.23. The van der Waals surface area contributed by atoms with Crippen LogP contribution in [0.25, 0.3) is 11.0 Å². The van der Waals surface area contributed by atoms with Crippen LogP contribution in [-0.2, 0) is 13.0 Å². The Morgan fingerprint density at radius 2 is 2.18 bits per heavy atom. The molecule has 0 aliphatic carbocycles. The molecule has 1 aromatic carbocycles. The summed E-state index contributed by atoms with van der Waals surface area (Å²) in [7, 11) is 0. The van der Waals surface area contributed by atoms with Gasteiger partial charge in [0.2, 0.25) is 0 Å². The zero-order valence-electron chi connectivity index (χ0n) is 10.3. The van der Waals surface area contributed by atoms with E-state index in [1.165, 1.54) is 5.52 Å². The Labute approximate surface area is 110 Å². The largest absolute Gasteiger partial charge is 0.329 e. The zero-order valence-corrected chi connectivity index (χ0v) is 11.9. The van der Waals surface area contributed by atoms with E-state index in [0.29, 0.717) is 12.5 Å². The molecule has 0 saturated heterocycles. The number of nitrogens with two attached hydrogens (primary N) is 1. The van der Waals surface area contributed by atoms with Crippen molar-refractivity contribution in [3.8, 4) is 0 Å². The van der Waals surface area contributed by atoms with Crippen molar-refractivity contribution in [1.82, 2.24) is 9.55 Å². The van der Waals surface area contributed by atoms with Gasteiger partial charge in [-0.25, -0.2) is 4.98 Å². The van der Waals surface area contributed by atoms with E-state index in [-0.39, 0.29) is 0 Å². The van der Waals surface area contributed by atoms with Crippen molar-refractivity contribution in [3.63, 3.8) is 0 Å². The summed E-state index contributed by atoms with van der Waals surface area (Å²) in [5.41, 5.74) is 7.90. The lowest BCUT2D eigenvalue weighted by Crippen LogP contribution is -2.13. The van der Waals surface area contributed by atoms with Crippen LogP contribution < -0.4 is 5.73 Å². The lowest BCUT2D eigenvalue weighted by molar-refractivity contribution is 0.581. The van der Waals surface area contributed by atoms with Gasteiger partial charge in [-0.15, -0.1) is 0 Å². The van der Waals surface area contributed by atoms with Gasteiger partial charge in [-0.1, -0.05) is 29.8 Å². The Morgan fingerprint density at radius 1 is 1.41 bits per heavy atom. The van der Waals surface area contributed by atoms with Gasteiger partial charge in [-0.3, -0.25) is 0 Å². The number of nitrogens with zero attached hydrogens (tertiary/aromatic N) is 2. The molecule has 0 aliphatic heterocycles. The molecule has 0 saturated carbocycles. The molecule has 0 radical (unpaired) electrons. The summed E-state index contributed by atoms with van der Waals surface area (Å²) < 4.78 is 3.31. The standard InChI is InChI=1S/C13H18BrN3/c1-9(2)7-13-16-11-8-10(14)3-4-12(11)17(13)6-5-15/h3-4,8-9H,5-7,15H2,1-2H3. The van der Waals surface area contributed by atoms with E-state index in [1.807, 2.05) is 0 Å². The van der Waals surface area contributed by atoms with Gasteiger partial charge < -0.3 is 10.3 Å². The second kappa shape index (κ2) is 5.19. The van der Waals surface area contributed by atoms with Crippen LogP contribution in [0.3, 0.4) is 0 Å². The number of halogens is 1. The molecule has 0 bridgehead atoms. The molecule has 0 unspecified atom stereocenters. The van der Waals surface area contributed by atoms with Crippen LogP contribution in [0.5, 0.6) is 0 Å². The van der Waals surface area contributed by atoms with Gasteiger partial charge in [-0.05, 0) is 24.1 Å². The highest BCUT2D eigenvalue weighted by Crippen LogP contribution is 2.22. The number of imidazole rings is 1. The zero-order chi connectivity index (χ0) is 12.4. The maximum absolute atomic E-state index is 5.68. The van der Waals surface area contributed by atoms with Crippen LogP contribution in [0, 0.1) is 5.92 Å². The number of aromatic nitrogens is 2. The Kier molecular flexibility index (Phi) is 3.84. The second-order valence-electron chi connectivity index (χ2n) is 4.70. The van der Waals surface area contributed by atoms with Gasteiger partial charge in [0.1, 0.15) is 5.82 Å². The predicted octanol–water partition coefficient (Wildman–Crippen LogP) is 2.96. The number of fused-ring (bicyclic) bond motifs is 1. The van der Waals surface area contributed by atoms with Crippen molar-refractivity contribution in [1.29, 1.82) is 0 Å². The molecule has 1 heterocycles. The summed E-state index contributed by atoms with van der Waals surface area (Å²) in [6.07, 6.45) is 0.992. The van der Waals surface area contributed by atoms with Gasteiger partial charge in [0.15, 0.2) is 0 Å². The minimum atomic E-state index is 0.603. The van der Waals surface area contributed by atoms with Crippen molar-refractivity contribution in [2.45, 2.75) is 26.8 Å². The van der Waals surface area contributed by atoms with E-state index >= 15 is 0 Å². The van der Waals surface area contributed by atoms with E-state index in [4.69, 9.17) is 10.7 Å². The van der Waals surface area contributed by atoms with Crippen LogP contribution >= 0.6 is 15.9 Å². The molecule has 4 heteroatoms. The number of hydrogen-bond donors (Lipinski definition) is 1. The molecule has 2 aromatic rings.